The maximum Gasteiger partial charge on any atom is 0.0953 e. The average Bonchev–Trinajstić information content (AvgIpc) is 2.85. The molecule has 5 nitrogen and oxygen atoms in total. The number of ether oxygens (including phenoxy) is 1. The van der Waals surface area contributed by atoms with Gasteiger partial charge in [0.2, 0.25) is 0 Å². The minimum Gasteiger partial charge on any atom is -0.398 e. The first-order valence-corrected chi connectivity index (χ1v) is 5.94. The lowest BCUT2D eigenvalue weighted by molar-refractivity contribution is 0.181. The van der Waals surface area contributed by atoms with Crippen molar-refractivity contribution in [1.82, 2.24) is 14.5 Å². The van der Waals surface area contributed by atoms with Crippen LogP contribution in [0, 0.1) is 0 Å². The molecule has 2 aromatic rings. The van der Waals surface area contributed by atoms with Crippen molar-refractivity contribution in [2.45, 2.75) is 19.4 Å². The molecule has 0 saturated heterocycles. The van der Waals surface area contributed by atoms with E-state index >= 15 is 0 Å². The van der Waals surface area contributed by atoms with Crippen molar-refractivity contribution in [2.75, 3.05) is 19.5 Å². The van der Waals surface area contributed by atoms with Gasteiger partial charge in [0.15, 0.2) is 0 Å². The second-order valence-corrected chi connectivity index (χ2v) is 4.28. The van der Waals surface area contributed by atoms with Crippen LogP contribution in [-0.4, -0.2) is 28.3 Å². The third kappa shape index (κ3) is 2.51. The van der Waals surface area contributed by atoms with E-state index in [1.54, 1.807) is 25.6 Å². The molecule has 0 bridgehead atoms. The van der Waals surface area contributed by atoms with Crippen molar-refractivity contribution in [3.63, 3.8) is 0 Å². The van der Waals surface area contributed by atoms with Crippen molar-refractivity contribution >= 4 is 5.69 Å². The molecule has 0 aliphatic carbocycles. The summed E-state index contributed by atoms with van der Waals surface area (Å²) in [7, 11) is 1.71. The zero-order valence-corrected chi connectivity index (χ0v) is 10.7. The first kappa shape index (κ1) is 12.6. The van der Waals surface area contributed by atoms with E-state index in [2.05, 4.69) is 21.5 Å². The highest BCUT2D eigenvalue weighted by molar-refractivity contribution is 5.72. The standard InChI is InChI=1S/C13H18N4O/c1-10(4-6-18-2)17-9-16-8-13(17)11-7-15-5-3-12(11)14/h3,5,7-10H,4,6H2,1-2H3,(H2,14,15). The molecule has 2 rings (SSSR count). The van der Waals surface area contributed by atoms with Gasteiger partial charge in [-0.15, -0.1) is 0 Å². The predicted molar refractivity (Wildman–Crippen MR) is 71.1 cm³/mol. The molecule has 0 fully saturated rings. The molecule has 2 aromatic heterocycles. The van der Waals surface area contributed by atoms with Crippen LogP contribution in [0.15, 0.2) is 31.0 Å². The number of nitrogens with two attached hydrogens (primary N) is 1. The smallest absolute Gasteiger partial charge is 0.0953 e. The summed E-state index contributed by atoms with van der Waals surface area (Å²) in [6.07, 6.45) is 8.03. The monoisotopic (exact) mass is 246 g/mol. The third-order valence-electron chi connectivity index (χ3n) is 3.01. The van der Waals surface area contributed by atoms with E-state index in [0.29, 0.717) is 11.7 Å². The highest BCUT2D eigenvalue weighted by Crippen LogP contribution is 2.27. The zero-order valence-electron chi connectivity index (χ0n) is 10.7. The molecule has 0 amide bonds. The van der Waals surface area contributed by atoms with Crippen LogP contribution in [0.4, 0.5) is 5.69 Å². The highest BCUT2D eigenvalue weighted by atomic mass is 16.5. The number of imidazole rings is 1. The molecule has 96 valence electrons. The van der Waals surface area contributed by atoms with Gasteiger partial charge in [0.05, 0.1) is 18.2 Å². The van der Waals surface area contributed by atoms with E-state index in [9.17, 15) is 0 Å². The Morgan fingerprint density at radius 3 is 2.94 bits per heavy atom. The minimum absolute atomic E-state index is 0.307. The van der Waals surface area contributed by atoms with E-state index in [-0.39, 0.29) is 0 Å². The second kappa shape index (κ2) is 5.64. The summed E-state index contributed by atoms with van der Waals surface area (Å²) in [6.45, 7) is 2.86. The summed E-state index contributed by atoms with van der Waals surface area (Å²) >= 11 is 0. The lowest BCUT2D eigenvalue weighted by Gasteiger charge is -2.16. The average molecular weight is 246 g/mol. The van der Waals surface area contributed by atoms with Gasteiger partial charge >= 0.3 is 0 Å². The fourth-order valence-corrected chi connectivity index (χ4v) is 1.91. The van der Waals surface area contributed by atoms with Gasteiger partial charge in [-0.2, -0.15) is 0 Å². The van der Waals surface area contributed by atoms with Crippen molar-refractivity contribution in [2.24, 2.45) is 0 Å². The summed E-state index contributed by atoms with van der Waals surface area (Å²) in [6, 6.07) is 2.11. The number of rotatable bonds is 5. The van der Waals surface area contributed by atoms with Crippen LogP contribution < -0.4 is 5.73 Å². The van der Waals surface area contributed by atoms with Gasteiger partial charge in [0.25, 0.3) is 0 Å². The summed E-state index contributed by atoms with van der Waals surface area (Å²) in [5.74, 6) is 0. The Morgan fingerprint density at radius 2 is 2.22 bits per heavy atom. The molecule has 1 atom stereocenters. The largest absolute Gasteiger partial charge is 0.398 e. The number of hydrogen-bond donors (Lipinski definition) is 1. The van der Waals surface area contributed by atoms with Crippen LogP contribution in [0.2, 0.25) is 0 Å². The Hall–Kier alpha value is -1.88. The summed E-state index contributed by atoms with van der Waals surface area (Å²) in [4.78, 5) is 8.33. The molecule has 0 aliphatic heterocycles. The van der Waals surface area contributed by atoms with Crippen molar-refractivity contribution in [3.8, 4) is 11.3 Å². The van der Waals surface area contributed by atoms with E-state index in [1.807, 2.05) is 12.5 Å². The quantitative estimate of drug-likeness (QED) is 0.877. The van der Waals surface area contributed by atoms with E-state index in [4.69, 9.17) is 10.5 Å². The number of anilines is 1. The second-order valence-electron chi connectivity index (χ2n) is 4.28. The molecule has 2 heterocycles. The number of methoxy groups -OCH3 is 1. The maximum atomic E-state index is 5.98. The predicted octanol–water partition coefficient (Wildman–Crippen LogP) is 2.12. The highest BCUT2D eigenvalue weighted by Gasteiger charge is 2.13. The third-order valence-corrected chi connectivity index (χ3v) is 3.01. The van der Waals surface area contributed by atoms with Crippen molar-refractivity contribution in [1.29, 1.82) is 0 Å². The van der Waals surface area contributed by atoms with Crippen LogP contribution in [0.3, 0.4) is 0 Å². The lowest BCUT2D eigenvalue weighted by Crippen LogP contribution is -2.08. The first-order valence-electron chi connectivity index (χ1n) is 5.94. The van der Waals surface area contributed by atoms with Crippen molar-refractivity contribution < 1.29 is 4.74 Å². The molecule has 18 heavy (non-hydrogen) atoms. The van der Waals surface area contributed by atoms with Gasteiger partial charge < -0.3 is 15.0 Å². The molecule has 0 radical (unpaired) electrons. The summed E-state index contributed by atoms with van der Waals surface area (Å²) < 4.78 is 7.21. The topological polar surface area (TPSA) is 66.0 Å². The fraction of sp³-hybridized carbons (Fsp3) is 0.385. The van der Waals surface area contributed by atoms with Crippen molar-refractivity contribution in [3.05, 3.63) is 31.0 Å². The number of nitrogen functional groups attached to an aromatic ring is 1. The van der Waals surface area contributed by atoms with Crippen LogP contribution in [0.1, 0.15) is 19.4 Å². The SMILES string of the molecule is COCCC(C)n1cncc1-c1cnccc1N. The Kier molecular flexibility index (Phi) is 3.94. The van der Waals surface area contributed by atoms with Gasteiger partial charge in [-0.1, -0.05) is 0 Å². The van der Waals surface area contributed by atoms with Crippen LogP contribution in [0.5, 0.6) is 0 Å². The van der Waals surface area contributed by atoms with Gasteiger partial charge in [0, 0.05) is 43.4 Å². The zero-order chi connectivity index (χ0) is 13.0. The molecule has 0 saturated carbocycles. The van der Waals surface area contributed by atoms with E-state index in [1.165, 1.54) is 0 Å². The molecule has 0 spiro atoms. The van der Waals surface area contributed by atoms with Gasteiger partial charge in [-0.25, -0.2) is 4.98 Å². The Labute approximate surface area is 107 Å². The molecule has 0 aromatic carbocycles. The Balaban J connectivity index is 2.30. The Bertz CT molecular complexity index is 509. The normalized spacial score (nSPS) is 12.6. The van der Waals surface area contributed by atoms with Gasteiger partial charge in [-0.05, 0) is 19.4 Å². The molecular formula is C13H18N4O. The molecule has 2 N–H and O–H groups in total. The number of nitrogens with zero attached hydrogens (tertiary/aromatic N) is 3. The van der Waals surface area contributed by atoms with Gasteiger partial charge in [0.1, 0.15) is 0 Å². The molecule has 0 aliphatic rings. The minimum atomic E-state index is 0.307. The number of aromatic nitrogens is 3. The lowest BCUT2D eigenvalue weighted by atomic mass is 10.1. The molecule has 5 heteroatoms. The Morgan fingerprint density at radius 1 is 1.39 bits per heavy atom. The fourth-order valence-electron chi connectivity index (χ4n) is 1.91. The first-order chi connectivity index (χ1) is 8.74. The van der Waals surface area contributed by atoms with Crippen LogP contribution in [0.25, 0.3) is 11.3 Å². The molecular weight excluding hydrogens is 228 g/mol. The van der Waals surface area contributed by atoms with Crippen LogP contribution in [-0.2, 0) is 4.74 Å². The van der Waals surface area contributed by atoms with E-state index in [0.717, 1.165) is 24.3 Å². The summed E-state index contributed by atoms with van der Waals surface area (Å²) in [5.41, 5.74) is 8.59. The van der Waals surface area contributed by atoms with Crippen LogP contribution >= 0.6 is 0 Å². The van der Waals surface area contributed by atoms with Gasteiger partial charge in [-0.3, -0.25) is 4.98 Å². The number of hydrogen-bond acceptors (Lipinski definition) is 4. The van der Waals surface area contributed by atoms with E-state index < -0.39 is 0 Å². The number of pyridine rings is 1. The molecule has 1 unspecified atom stereocenters. The maximum absolute atomic E-state index is 5.98. The summed E-state index contributed by atoms with van der Waals surface area (Å²) in [5, 5.41) is 0.